The molecule has 0 aliphatic carbocycles. The molecule has 8 heteroatoms. The number of benzene rings is 2. The van der Waals surface area contributed by atoms with Gasteiger partial charge >= 0.3 is 0 Å². The first-order chi connectivity index (χ1) is 21.9. The quantitative estimate of drug-likeness (QED) is 0.107. The predicted molar refractivity (Wildman–Crippen MR) is 201 cm³/mol. The Bertz CT molecular complexity index is 1330. The van der Waals surface area contributed by atoms with Gasteiger partial charge in [0.05, 0.1) is 6.61 Å². The van der Waals surface area contributed by atoms with Crippen LogP contribution in [0.4, 0.5) is 0 Å². The Morgan fingerprint density at radius 3 is 1.46 bits per heavy atom. The zero-order valence-electron chi connectivity index (χ0n) is 29.9. The number of aromatic nitrogens is 4. The Morgan fingerprint density at radius 2 is 1.00 bits per heavy atom. The summed E-state index contributed by atoms with van der Waals surface area (Å²) in [4.78, 5) is 17.1. The lowest BCUT2D eigenvalue weighted by Gasteiger charge is -2.29. The number of phenolic OH excluding ortho intramolecular Hbond substituents is 1. The summed E-state index contributed by atoms with van der Waals surface area (Å²) < 4.78 is 5.90. The second kappa shape index (κ2) is 20.0. The number of aryl methyl sites for hydroxylation is 2. The van der Waals surface area contributed by atoms with Crippen LogP contribution in [0.1, 0.15) is 63.5 Å². The third-order valence-corrected chi connectivity index (χ3v) is 17.1. The largest absolute Gasteiger partial charge is 0.508 e. The molecule has 0 amide bonds. The van der Waals surface area contributed by atoms with Crippen LogP contribution in [-0.4, -0.2) is 47.8 Å². The highest BCUT2D eigenvalue weighted by molar-refractivity contribution is 6.94. The van der Waals surface area contributed by atoms with Crippen molar-refractivity contribution in [2.24, 2.45) is 0 Å². The van der Waals surface area contributed by atoms with E-state index in [0.717, 1.165) is 46.9 Å². The number of unbranched alkanes of at least 4 members (excludes halogenated alkanes) is 5. The summed E-state index contributed by atoms with van der Waals surface area (Å²) in [5.74, 6) is 2.62. The molecule has 0 radical (unpaired) electrons. The van der Waals surface area contributed by atoms with Gasteiger partial charge in [-0.2, -0.15) is 0 Å². The van der Waals surface area contributed by atoms with Gasteiger partial charge in [-0.25, -0.2) is 19.9 Å². The minimum Gasteiger partial charge on any atom is -0.508 e. The van der Waals surface area contributed by atoms with E-state index in [2.05, 4.69) is 52.7 Å². The van der Waals surface area contributed by atoms with Gasteiger partial charge in [-0.3, -0.25) is 0 Å². The van der Waals surface area contributed by atoms with E-state index in [4.69, 9.17) is 9.84 Å². The van der Waals surface area contributed by atoms with Crippen molar-refractivity contribution < 1.29 is 9.84 Å². The fourth-order valence-electron chi connectivity index (χ4n) is 5.52. The lowest BCUT2D eigenvalue weighted by Crippen LogP contribution is -2.37. The van der Waals surface area contributed by atoms with Crippen LogP contribution in [0.15, 0.2) is 73.3 Å². The third kappa shape index (κ3) is 15.8. The first-order valence-electron chi connectivity index (χ1n) is 17.0. The molecule has 0 aliphatic rings. The van der Waals surface area contributed by atoms with Crippen LogP contribution in [0, 0.1) is 13.8 Å². The monoisotopic (exact) mass is 658 g/mol. The Balaban J connectivity index is 0.000000381. The average Bonchev–Trinajstić information content (AvgIpc) is 3.02. The summed E-state index contributed by atoms with van der Waals surface area (Å²) in [6.07, 6.45) is 15.2. The van der Waals surface area contributed by atoms with Crippen LogP contribution in [-0.2, 0) is 0 Å². The number of phenols is 1. The van der Waals surface area contributed by atoms with E-state index >= 15 is 0 Å². The van der Waals surface area contributed by atoms with Gasteiger partial charge in [0, 0.05) is 52.1 Å². The smallest absolute Gasteiger partial charge is 0.159 e. The second-order valence-corrected chi connectivity index (χ2v) is 25.2. The van der Waals surface area contributed by atoms with Gasteiger partial charge in [0.25, 0.3) is 0 Å². The number of aromatic hydroxyl groups is 1. The zero-order valence-corrected chi connectivity index (χ0v) is 31.9. The summed E-state index contributed by atoms with van der Waals surface area (Å²) in [6, 6.07) is 16.5. The number of ether oxygens (including phenoxy) is 1. The van der Waals surface area contributed by atoms with Gasteiger partial charge in [-0.05, 0) is 79.9 Å². The van der Waals surface area contributed by atoms with E-state index in [1.807, 2.05) is 64.4 Å². The molecule has 2 heterocycles. The van der Waals surface area contributed by atoms with Crippen molar-refractivity contribution >= 4 is 16.1 Å². The van der Waals surface area contributed by atoms with Crippen molar-refractivity contribution in [2.75, 3.05) is 6.61 Å². The fourth-order valence-corrected chi connectivity index (χ4v) is 18.9. The van der Waals surface area contributed by atoms with Gasteiger partial charge in [-0.15, -0.1) is 0 Å². The van der Waals surface area contributed by atoms with E-state index < -0.39 is 16.1 Å². The SMILES string of the molecule is CC.Cc1cnc(-c2ccc(O)cc2)nc1.Cc1cnc(-c2ccc(OCCCCCCCC[Si](C)(C)C[Si](C)(C)C)cc2)nc1. The van der Waals surface area contributed by atoms with Crippen molar-refractivity contribution in [3.05, 3.63) is 84.4 Å². The van der Waals surface area contributed by atoms with E-state index in [1.54, 1.807) is 42.3 Å². The predicted octanol–water partition coefficient (Wildman–Crippen LogP) is 10.9. The molecule has 0 atom stereocenters. The molecule has 0 bridgehead atoms. The normalized spacial score (nSPS) is 11.2. The number of hydrogen-bond donors (Lipinski definition) is 1. The maximum atomic E-state index is 9.11. The molecule has 0 unspecified atom stereocenters. The third-order valence-electron chi connectivity index (χ3n) is 7.33. The first-order valence-corrected chi connectivity index (χ1v) is 24.1. The molecule has 250 valence electrons. The van der Waals surface area contributed by atoms with Crippen LogP contribution >= 0.6 is 0 Å². The summed E-state index contributed by atoms with van der Waals surface area (Å²) in [7, 11) is -1.84. The Kier molecular flexibility index (Phi) is 16.9. The van der Waals surface area contributed by atoms with Crippen molar-refractivity contribution in [1.82, 2.24) is 19.9 Å². The maximum absolute atomic E-state index is 9.11. The molecular formula is C38H58N4O2Si2. The lowest BCUT2D eigenvalue weighted by molar-refractivity contribution is 0.304. The van der Waals surface area contributed by atoms with Gasteiger partial charge in [-0.1, -0.05) is 90.4 Å². The zero-order chi connectivity index (χ0) is 34.0. The fraction of sp³-hybridized carbons (Fsp3) is 0.474. The van der Waals surface area contributed by atoms with Crippen LogP contribution < -0.4 is 4.74 Å². The van der Waals surface area contributed by atoms with Crippen molar-refractivity contribution in [1.29, 1.82) is 0 Å². The molecule has 4 rings (SSSR count). The molecule has 0 saturated heterocycles. The molecule has 2 aromatic heterocycles. The molecule has 2 aromatic carbocycles. The Morgan fingerprint density at radius 1 is 0.587 bits per heavy atom. The minimum absolute atomic E-state index is 0.251. The molecule has 0 saturated carbocycles. The lowest BCUT2D eigenvalue weighted by atomic mass is 10.1. The van der Waals surface area contributed by atoms with Gasteiger partial charge < -0.3 is 9.84 Å². The standard InChI is InChI=1S/C25H42N2OSi2.C11H10N2O.C2H6/c1-22-19-26-25(27-20-22)23-13-15-24(16-14-23)28-17-11-9-7-8-10-12-18-30(5,6)21-29(2,3)4;1-8-6-12-11(13-7-8)9-2-4-10(14)5-3-9;1-2/h13-16,19-20H,7-12,17-18,21H2,1-6H3;2-7,14H,1H3;1-2H3. The van der Waals surface area contributed by atoms with Gasteiger partial charge in [0.2, 0.25) is 0 Å². The topological polar surface area (TPSA) is 81.0 Å². The second-order valence-electron chi connectivity index (χ2n) is 13.9. The molecule has 6 nitrogen and oxygen atoms in total. The Hall–Kier alpha value is -3.37. The van der Waals surface area contributed by atoms with Gasteiger partial charge in [0.15, 0.2) is 11.6 Å². The van der Waals surface area contributed by atoms with Crippen molar-refractivity contribution in [2.45, 2.75) is 111 Å². The Labute approximate surface area is 281 Å². The summed E-state index contributed by atoms with van der Waals surface area (Å²) in [5.41, 5.74) is 5.62. The number of rotatable bonds is 14. The first kappa shape index (κ1) is 38.8. The van der Waals surface area contributed by atoms with Crippen molar-refractivity contribution in [3.8, 4) is 34.3 Å². The van der Waals surface area contributed by atoms with E-state index in [-0.39, 0.29) is 5.75 Å². The van der Waals surface area contributed by atoms with Crippen LogP contribution in [0.2, 0.25) is 44.4 Å². The van der Waals surface area contributed by atoms with Crippen LogP contribution in [0.3, 0.4) is 0 Å². The van der Waals surface area contributed by atoms with E-state index in [1.165, 1.54) is 38.1 Å². The summed E-state index contributed by atoms with van der Waals surface area (Å²) in [5, 5.41) is 9.11. The van der Waals surface area contributed by atoms with Crippen molar-refractivity contribution in [3.63, 3.8) is 0 Å². The van der Waals surface area contributed by atoms with E-state index in [0.29, 0.717) is 5.82 Å². The van der Waals surface area contributed by atoms with Crippen LogP contribution in [0.5, 0.6) is 11.5 Å². The highest BCUT2D eigenvalue weighted by Gasteiger charge is 2.27. The molecule has 0 aliphatic heterocycles. The minimum atomic E-state index is -0.952. The molecule has 46 heavy (non-hydrogen) atoms. The molecule has 1 N–H and O–H groups in total. The number of hydrogen-bond acceptors (Lipinski definition) is 6. The molecule has 0 spiro atoms. The maximum Gasteiger partial charge on any atom is 0.159 e. The summed E-state index contributed by atoms with van der Waals surface area (Å²) in [6.45, 7) is 21.5. The number of nitrogens with zero attached hydrogens (tertiary/aromatic N) is 4. The highest BCUT2D eigenvalue weighted by Crippen LogP contribution is 2.26. The highest BCUT2D eigenvalue weighted by atomic mass is 28.4. The molecule has 0 fully saturated rings. The molecule has 4 aromatic rings. The average molecular weight is 659 g/mol. The summed E-state index contributed by atoms with van der Waals surface area (Å²) >= 11 is 0. The van der Waals surface area contributed by atoms with E-state index in [9.17, 15) is 0 Å². The van der Waals surface area contributed by atoms with Gasteiger partial charge in [0.1, 0.15) is 11.5 Å². The molecular weight excluding hydrogens is 601 g/mol. The van der Waals surface area contributed by atoms with Crippen LogP contribution in [0.25, 0.3) is 22.8 Å².